The monoisotopic (exact) mass is 381 g/mol. The summed E-state index contributed by atoms with van der Waals surface area (Å²) in [4.78, 5) is 0. The van der Waals surface area contributed by atoms with Gasteiger partial charge in [0.15, 0.2) is 3.73 Å². The molecule has 2 atom stereocenters. The molecule has 0 aromatic heterocycles. The number of benzene rings is 1. The second kappa shape index (κ2) is 3.89. The van der Waals surface area contributed by atoms with Crippen molar-refractivity contribution in [3.05, 3.63) is 28.2 Å². The Morgan fingerprint density at radius 1 is 1.53 bits per heavy atom. The van der Waals surface area contributed by atoms with Crippen LogP contribution in [0.2, 0.25) is 0 Å². The van der Waals surface area contributed by atoms with Gasteiger partial charge in [0.05, 0.1) is 0 Å². The molecule has 2 rings (SSSR count). The average molecular weight is 382 g/mol. The maximum atomic E-state index is 10.3. The van der Waals surface area contributed by atoms with Crippen LogP contribution >= 0.6 is 38.5 Å². The normalized spacial score (nSPS) is 29.1. The van der Waals surface area contributed by atoms with Gasteiger partial charge in [-0.3, -0.25) is 0 Å². The summed E-state index contributed by atoms with van der Waals surface area (Å²) in [5, 5.41) is 13.5. The Morgan fingerprint density at radius 3 is 2.80 bits per heavy atom. The molecule has 0 bridgehead atoms. The quantitative estimate of drug-likeness (QED) is 0.441. The lowest BCUT2D eigenvalue weighted by Gasteiger charge is -2.27. The summed E-state index contributed by atoms with van der Waals surface area (Å²) < 4.78 is 0.192. The molecule has 82 valence electrons. The predicted molar refractivity (Wildman–Crippen MR) is 74.3 cm³/mol. The molecule has 0 amide bonds. The van der Waals surface area contributed by atoms with Crippen molar-refractivity contribution >= 4 is 44.2 Å². The lowest BCUT2D eigenvalue weighted by Crippen LogP contribution is -2.34. The zero-order valence-electron chi connectivity index (χ0n) is 8.59. The van der Waals surface area contributed by atoms with Gasteiger partial charge in [-0.05, 0) is 52.3 Å². The molecule has 1 aliphatic rings. The third-order valence-corrected chi connectivity index (χ3v) is 4.17. The van der Waals surface area contributed by atoms with Crippen molar-refractivity contribution in [2.75, 3.05) is 5.32 Å². The summed E-state index contributed by atoms with van der Waals surface area (Å²) >= 11 is 5.55. The minimum atomic E-state index is -0.866. The predicted octanol–water partition coefficient (Wildman–Crippen LogP) is 3.70. The van der Waals surface area contributed by atoms with Crippen LogP contribution in [0.15, 0.2) is 22.7 Å². The topological polar surface area (TPSA) is 32.3 Å². The number of anilines is 1. The van der Waals surface area contributed by atoms with Gasteiger partial charge in [0.25, 0.3) is 0 Å². The first-order chi connectivity index (χ1) is 6.92. The van der Waals surface area contributed by atoms with E-state index in [9.17, 15) is 5.11 Å². The highest BCUT2D eigenvalue weighted by atomic mass is 127. The molecular weight excluding hydrogens is 369 g/mol. The Bertz CT molecular complexity index is 392. The highest BCUT2D eigenvalue weighted by molar-refractivity contribution is 14.1. The Morgan fingerprint density at radius 2 is 2.20 bits per heavy atom. The van der Waals surface area contributed by atoms with Gasteiger partial charge in [-0.25, -0.2) is 0 Å². The molecule has 0 aliphatic carbocycles. The number of hydrogen-bond donors (Lipinski definition) is 2. The lowest BCUT2D eigenvalue weighted by atomic mass is 9.89. The van der Waals surface area contributed by atoms with E-state index < -0.39 is 3.73 Å². The molecule has 4 heteroatoms. The summed E-state index contributed by atoms with van der Waals surface area (Å²) in [5.74, 6) is 0.528. The molecule has 2 unspecified atom stereocenters. The molecule has 15 heavy (non-hydrogen) atoms. The highest BCUT2D eigenvalue weighted by Crippen LogP contribution is 2.49. The minimum absolute atomic E-state index is 0.130. The average Bonchev–Trinajstić information content (AvgIpc) is 2.33. The fourth-order valence-corrected chi connectivity index (χ4v) is 3.90. The maximum Gasteiger partial charge on any atom is 0.195 e. The largest absolute Gasteiger partial charge is 0.362 e. The summed E-state index contributed by atoms with van der Waals surface area (Å²) in [6, 6.07) is 6.08. The van der Waals surface area contributed by atoms with Crippen LogP contribution < -0.4 is 5.32 Å². The first kappa shape index (κ1) is 11.7. The van der Waals surface area contributed by atoms with E-state index >= 15 is 0 Å². The first-order valence-electron chi connectivity index (χ1n) is 4.90. The maximum absolute atomic E-state index is 10.3. The molecule has 2 nitrogen and oxygen atoms in total. The third kappa shape index (κ3) is 2.03. The standard InChI is InChI=1S/C11H13BrINO/c1-6(2)10-8-5-7(12)3-4-9(8)14-11(10,13)15/h3-6,10,14-15H,1-2H3. The van der Waals surface area contributed by atoms with E-state index in [0.29, 0.717) is 5.92 Å². The van der Waals surface area contributed by atoms with E-state index in [2.05, 4.69) is 63.8 Å². The van der Waals surface area contributed by atoms with Crippen LogP contribution in [0.4, 0.5) is 5.69 Å². The molecule has 1 aliphatic heterocycles. The molecular formula is C11H13BrINO. The van der Waals surface area contributed by atoms with Crippen LogP contribution in [0.25, 0.3) is 0 Å². The van der Waals surface area contributed by atoms with Crippen molar-refractivity contribution in [3.63, 3.8) is 0 Å². The van der Waals surface area contributed by atoms with Gasteiger partial charge in [0.2, 0.25) is 0 Å². The number of halogens is 2. The van der Waals surface area contributed by atoms with Crippen molar-refractivity contribution in [3.8, 4) is 0 Å². The smallest absolute Gasteiger partial charge is 0.195 e. The number of hydrogen-bond acceptors (Lipinski definition) is 2. The molecule has 2 N–H and O–H groups in total. The SMILES string of the molecule is CC(C)C1c2cc(Br)ccc2NC1(O)I. The van der Waals surface area contributed by atoms with Crippen LogP contribution in [0, 0.1) is 5.92 Å². The Balaban J connectivity index is 2.51. The second-order valence-electron chi connectivity index (χ2n) is 4.25. The van der Waals surface area contributed by atoms with Crippen LogP contribution in [0.3, 0.4) is 0 Å². The molecule has 0 fully saturated rings. The van der Waals surface area contributed by atoms with Crippen LogP contribution in [-0.2, 0) is 0 Å². The van der Waals surface area contributed by atoms with E-state index in [4.69, 9.17) is 0 Å². The van der Waals surface area contributed by atoms with Crippen molar-refractivity contribution < 1.29 is 5.11 Å². The van der Waals surface area contributed by atoms with E-state index in [1.54, 1.807) is 0 Å². The number of nitrogens with one attached hydrogen (secondary N) is 1. The van der Waals surface area contributed by atoms with E-state index in [-0.39, 0.29) is 5.92 Å². The fourth-order valence-electron chi connectivity index (χ4n) is 2.18. The Hall–Kier alpha value is 0.190. The first-order valence-corrected chi connectivity index (χ1v) is 6.78. The van der Waals surface area contributed by atoms with E-state index in [0.717, 1.165) is 10.2 Å². The minimum Gasteiger partial charge on any atom is -0.362 e. The lowest BCUT2D eigenvalue weighted by molar-refractivity contribution is 0.141. The van der Waals surface area contributed by atoms with Gasteiger partial charge in [-0.2, -0.15) is 0 Å². The molecule has 1 aromatic carbocycles. The molecule has 0 saturated heterocycles. The molecule has 0 spiro atoms. The fraction of sp³-hybridized carbons (Fsp3) is 0.455. The summed E-state index contributed by atoms with van der Waals surface area (Å²) in [6.45, 7) is 4.26. The van der Waals surface area contributed by atoms with Crippen molar-refractivity contribution in [1.29, 1.82) is 0 Å². The Labute approximate surface area is 112 Å². The van der Waals surface area contributed by atoms with Gasteiger partial charge in [-0.1, -0.05) is 29.8 Å². The van der Waals surface area contributed by atoms with Crippen molar-refractivity contribution in [2.45, 2.75) is 23.5 Å². The van der Waals surface area contributed by atoms with Crippen LogP contribution in [0.1, 0.15) is 25.3 Å². The number of fused-ring (bicyclic) bond motifs is 1. The molecule has 1 heterocycles. The van der Waals surface area contributed by atoms with Crippen LogP contribution in [0.5, 0.6) is 0 Å². The third-order valence-electron chi connectivity index (χ3n) is 2.74. The van der Waals surface area contributed by atoms with E-state index in [1.165, 1.54) is 5.56 Å². The zero-order valence-corrected chi connectivity index (χ0v) is 12.3. The highest BCUT2D eigenvalue weighted by Gasteiger charge is 2.44. The second-order valence-corrected chi connectivity index (χ2v) is 6.81. The molecule has 0 radical (unpaired) electrons. The number of rotatable bonds is 1. The van der Waals surface area contributed by atoms with Gasteiger partial charge < -0.3 is 10.4 Å². The van der Waals surface area contributed by atoms with Crippen molar-refractivity contribution in [2.24, 2.45) is 5.92 Å². The van der Waals surface area contributed by atoms with Gasteiger partial charge in [-0.15, -0.1) is 0 Å². The number of alkyl halides is 1. The number of aliphatic hydroxyl groups is 1. The van der Waals surface area contributed by atoms with Gasteiger partial charge >= 0.3 is 0 Å². The van der Waals surface area contributed by atoms with Crippen LogP contribution in [-0.4, -0.2) is 8.84 Å². The molecule has 0 saturated carbocycles. The van der Waals surface area contributed by atoms with Gasteiger partial charge in [0, 0.05) is 16.1 Å². The summed E-state index contributed by atoms with van der Waals surface area (Å²) in [7, 11) is 0. The van der Waals surface area contributed by atoms with Gasteiger partial charge in [0.1, 0.15) is 0 Å². The summed E-state index contributed by atoms with van der Waals surface area (Å²) in [5.41, 5.74) is 2.23. The van der Waals surface area contributed by atoms with Crippen molar-refractivity contribution in [1.82, 2.24) is 0 Å². The van der Waals surface area contributed by atoms with E-state index in [1.807, 2.05) is 12.1 Å². The summed E-state index contributed by atoms with van der Waals surface area (Å²) in [6.07, 6.45) is 0. The zero-order chi connectivity index (χ0) is 11.2. The Kier molecular flexibility index (Phi) is 3.03. The molecule has 1 aromatic rings.